The highest BCUT2D eigenvalue weighted by Crippen LogP contribution is 2.40. The Bertz CT molecular complexity index is 467. The van der Waals surface area contributed by atoms with Crippen molar-refractivity contribution in [3.05, 3.63) is 35.1 Å². The molecule has 1 N–H and O–H groups in total. The molecule has 0 spiro atoms. The van der Waals surface area contributed by atoms with Gasteiger partial charge in [-0.25, -0.2) is 4.39 Å². The van der Waals surface area contributed by atoms with Gasteiger partial charge < -0.3 is 5.11 Å². The van der Waals surface area contributed by atoms with Gasteiger partial charge in [0.1, 0.15) is 5.82 Å². The number of fused-ring (bicyclic) bond motifs is 1. The lowest BCUT2D eigenvalue weighted by Gasteiger charge is -2.12. The zero-order valence-electron chi connectivity index (χ0n) is 8.74. The number of carbonyl (C=O) groups is 2. The summed E-state index contributed by atoms with van der Waals surface area (Å²) in [5.74, 6) is -2.29. The van der Waals surface area contributed by atoms with Crippen molar-refractivity contribution >= 4 is 11.8 Å². The Labute approximate surface area is 91.9 Å². The molecule has 2 atom stereocenters. The number of carboxylic acids is 1. The van der Waals surface area contributed by atoms with E-state index in [9.17, 15) is 14.0 Å². The molecular formula is C12H11FO3. The van der Waals surface area contributed by atoms with Crippen molar-refractivity contribution in [2.75, 3.05) is 0 Å². The number of Topliss-reactive ketones (excluding diaryl/α,β-unsaturated/α-hetero) is 1. The average Bonchev–Trinajstić information content (AvgIpc) is 2.43. The molecule has 4 heteroatoms. The normalized spacial score (nSPS) is 23.2. The molecule has 1 aliphatic rings. The molecule has 2 rings (SSSR count). The maximum atomic E-state index is 13.1. The summed E-state index contributed by atoms with van der Waals surface area (Å²) < 4.78 is 13.1. The summed E-state index contributed by atoms with van der Waals surface area (Å²) in [5.41, 5.74) is 0.986. The minimum absolute atomic E-state index is 0.0961. The second kappa shape index (κ2) is 3.70. The zero-order chi connectivity index (χ0) is 11.9. The Morgan fingerprint density at radius 1 is 1.50 bits per heavy atom. The lowest BCUT2D eigenvalue weighted by atomic mass is 9.91. The Morgan fingerprint density at radius 3 is 2.81 bits per heavy atom. The number of hydrogen-bond acceptors (Lipinski definition) is 2. The van der Waals surface area contributed by atoms with E-state index >= 15 is 0 Å². The molecule has 1 aromatic carbocycles. The zero-order valence-corrected chi connectivity index (χ0v) is 8.74. The summed E-state index contributed by atoms with van der Waals surface area (Å²) >= 11 is 0. The third-order valence-electron chi connectivity index (χ3n) is 3.09. The minimum atomic E-state index is -0.971. The van der Waals surface area contributed by atoms with E-state index in [0.717, 1.165) is 0 Å². The van der Waals surface area contributed by atoms with Crippen LogP contribution in [-0.4, -0.2) is 16.9 Å². The predicted octanol–water partition coefficient (Wildman–Crippen LogP) is 2.22. The van der Waals surface area contributed by atoms with Crippen LogP contribution in [0.3, 0.4) is 0 Å². The molecule has 0 aliphatic heterocycles. The van der Waals surface area contributed by atoms with Crippen LogP contribution in [-0.2, 0) is 4.79 Å². The SMILES string of the molecule is C[C@@H]1C(=O)c2ccc(F)cc2[C@H]1CC(=O)O. The summed E-state index contributed by atoms with van der Waals surface area (Å²) in [6, 6.07) is 3.93. The van der Waals surface area contributed by atoms with Gasteiger partial charge in [0, 0.05) is 17.4 Å². The lowest BCUT2D eigenvalue weighted by Crippen LogP contribution is -2.13. The van der Waals surface area contributed by atoms with E-state index < -0.39 is 17.7 Å². The highest BCUT2D eigenvalue weighted by atomic mass is 19.1. The second-order valence-corrected chi connectivity index (χ2v) is 4.09. The van der Waals surface area contributed by atoms with E-state index in [-0.39, 0.29) is 18.1 Å². The van der Waals surface area contributed by atoms with Gasteiger partial charge in [0.25, 0.3) is 0 Å². The highest BCUT2D eigenvalue weighted by molar-refractivity contribution is 6.03. The van der Waals surface area contributed by atoms with E-state index in [2.05, 4.69) is 0 Å². The van der Waals surface area contributed by atoms with Crippen LogP contribution in [0, 0.1) is 11.7 Å². The van der Waals surface area contributed by atoms with Crippen molar-refractivity contribution in [3.63, 3.8) is 0 Å². The van der Waals surface area contributed by atoms with Gasteiger partial charge in [-0.3, -0.25) is 9.59 Å². The molecule has 0 radical (unpaired) electrons. The topological polar surface area (TPSA) is 54.4 Å². The van der Waals surface area contributed by atoms with Gasteiger partial charge in [-0.2, -0.15) is 0 Å². The molecule has 0 amide bonds. The number of carboxylic acid groups (broad SMARTS) is 1. The molecule has 0 aromatic heterocycles. The Kier molecular flexibility index (Phi) is 2.50. The van der Waals surface area contributed by atoms with Crippen LogP contribution in [0.1, 0.15) is 35.2 Å². The summed E-state index contributed by atoms with van der Waals surface area (Å²) in [7, 11) is 0. The Hall–Kier alpha value is -1.71. The van der Waals surface area contributed by atoms with Crippen molar-refractivity contribution in [1.82, 2.24) is 0 Å². The van der Waals surface area contributed by atoms with E-state index in [1.165, 1.54) is 18.2 Å². The van der Waals surface area contributed by atoms with E-state index in [1.54, 1.807) is 6.92 Å². The first-order valence-corrected chi connectivity index (χ1v) is 5.06. The van der Waals surface area contributed by atoms with Gasteiger partial charge in [0.2, 0.25) is 0 Å². The maximum absolute atomic E-state index is 13.1. The van der Waals surface area contributed by atoms with Crippen LogP contribution in [0.4, 0.5) is 4.39 Å². The van der Waals surface area contributed by atoms with Crippen LogP contribution in [0.25, 0.3) is 0 Å². The highest BCUT2D eigenvalue weighted by Gasteiger charge is 2.37. The van der Waals surface area contributed by atoms with E-state index in [1.807, 2.05) is 0 Å². The van der Waals surface area contributed by atoms with Crippen LogP contribution in [0.2, 0.25) is 0 Å². The van der Waals surface area contributed by atoms with Gasteiger partial charge in [0.05, 0.1) is 6.42 Å². The maximum Gasteiger partial charge on any atom is 0.303 e. The summed E-state index contributed by atoms with van der Waals surface area (Å²) in [6.45, 7) is 1.69. The lowest BCUT2D eigenvalue weighted by molar-refractivity contribution is -0.137. The average molecular weight is 222 g/mol. The monoisotopic (exact) mass is 222 g/mol. The molecule has 0 fully saturated rings. The van der Waals surface area contributed by atoms with Gasteiger partial charge in [-0.05, 0) is 23.8 Å². The number of ketones is 1. The van der Waals surface area contributed by atoms with Crippen molar-refractivity contribution in [1.29, 1.82) is 0 Å². The molecule has 0 saturated heterocycles. The van der Waals surface area contributed by atoms with Crippen LogP contribution in [0.15, 0.2) is 18.2 Å². The summed E-state index contributed by atoms with van der Waals surface area (Å²) in [6.07, 6.45) is -0.136. The standard InChI is InChI=1S/C12H11FO3/c1-6-9(5-11(14)15)10-4-7(13)2-3-8(10)12(6)16/h2-4,6,9H,5H2,1H3,(H,14,15)/t6-,9-/m0/s1. The molecule has 1 aromatic rings. The first-order chi connectivity index (χ1) is 7.50. The summed E-state index contributed by atoms with van der Waals surface area (Å²) in [5, 5.41) is 8.77. The smallest absolute Gasteiger partial charge is 0.303 e. The van der Waals surface area contributed by atoms with Crippen molar-refractivity contribution in [2.45, 2.75) is 19.3 Å². The largest absolute Gasteiger partial charge is 0.481 e. The van der Waals surface area contributed by atoms with E-state index in [0.29, 0.717) is 11.1 Å². The fourth-order valence-electron chi connectivity index (χ4n) is 2.24. The number of rotatable bonds is 2. The number of benzene rings is 1. The van der Waals surface area contributed by atoms with Crippen molar-refractivity contribution < 1.29 is 19.1 Å². The minimum Gasteiger partial charge on any atom is -0.481 e. The van der Waals surface area contributed by atoms with Crippen molar-refractivity contribution in [2.24, 2.45) is 5.92 Å². The fourth-order valence-corrected chi connectivity index (χ4v) is 2.24. The quantitative estimate of drug-likeness (QED) is 0.834. The number of carbonyl (C=O) groups excluding carboxylic acids is 1. The third kappa shape index (κ3) is 1.60. The van der Waals surface area contributed by atoms with Gasteiger partial charge in [-0.15, -0.1) is 0 Å². The first-order valence-electron chi connectivity index (χ1n) is 5.06. The summed E-state index contributed by atoms with van der Waals surface area (Å²) in [4.78, 5) is 22.5. The molecule has 0 saturated carbocycles. The molecule has 0 unspecified atom stereocenters. The number of aliphatic carboxylic acids is 1. The molecule has 16 heavy (non-hydrogen) atoms. The third-order valence-corrected chi connectivity index (χ3v) is 3.09. The van der Waals surface area contributed by atoms with Crippen molar-refractivity contribution in [3.8, 4) is 0 Å². The molecule has 3 nitrogen and oxygen atoms in total. The fraction of sp³-hybridized carbons (Fsp3) is 0.333. The second-order valence-electron chi connectivity index (χ2n) is 4.09. The first kappa shape index (κ1) is 10.8. The van der Waals surface area contributed by atoms with Gasteiger partial charge in [-0.1, -0.05) is 6.92 Å². The van der Waals surface area contributed by atoms with Gasteiger partial charge >= 0.3 is 5.97 Å². The molecule has 84 valence electrons. The van der Waals surface area contributed by atoms with Crippen LogP contribution >= 0.6 is 0 Å². The molecule has 1 aliphatic carbocycles. The molecule has 0 heterocycles. The number of hydrogen-bond donors (Lipinski definition) is 1. The Balaban J connectivity index is 2.46. The number of halogens is 1. The van der Waals surface area contributed by atoms with Gasteiger partial charge in [0.15, 0.2) is 5.78 Å². The molecular weight excluding hydrogens is 211 g/mol. The van der Waals surface area contributed by atoms with Crippen LogP contribution < -0.4 is 0 Å². The molecule has 0 bridgehead atoms. The van der Waals surface area contributed by atoms with Crippen LogP contribution in [0.5, 0.6) is 0 Å². The van der Waals surface area contributed by atoms with E-state index in [4.69, 9.17) is 5.11 Å². The predicted molar refractivity (Wildman–Crippen MR) is 54.9 cm³/mol. The Morgan fingerprint density at radius 2 is 2.19 bits per heavy atom.